The molecular formula is C20H31NO2S. The van der Waals surface area contributed by atoms with E-state index in [4.69, 9.17) is 4.74 Å². The maximum atomic E-state index is 11.6. The standard InChI is InChI=1S/C20H31NO2S/c1-2-23-20(22)18-12-14-19(15-13-18)21-16-10-8-6-4-3-5-7-9-11-17-24/h8,10,12-15,21,24H,2-7,9,11,16-17H2,1H3. The van der Waals surface area contributed by atoms with E-state index in [0.717, 1.165) is 24.4 Å². The first-order valence-electron chi connectivity index (χ1n) is 9.05. The van der Waals surface area contributed by atoms with Gasteiger partial charge in [-0.2, -0.15) is 12.6 Å². The van der Waals surface area contributed by atoms with Crippen LogP contribution in [0.5, 0.6) is 0 Å². The number of nitrogens with one attached hydrogen (secondary N) is 1. The van der Waals surface area contributed by atoms with E-state index in [1.54, 1.807) is 12.1 Å². The Morgan fingerprint density at radius 1 is 1.04 bits per heavy atom. The predicted octanol–water partition coefficient (Wildman–Crippen LogP) is 5.49. The molecule has 0 amide bonds. The number of allylic oxidation sites excluding steroid dienone is 1. The normalized spacial score (nSPS) is 10.9. The summed E-state index contributed by atoms with van der Waals surface area (Å²) in [5.41, 5.74) is 1.60. The van der Waals surface area contributed by atoms with Crippen LogP contribution < -0.4 is 5.32 Å². The van der Waals surface area contributed by atoms with Crippen molar-refractivity contribution in [1.29, 1.82) is 0 Å². The van der Waals surface area contributed by atoms with Crippen molar-refractivity contribution < 1.29 is 9.53 Å². The zero-order valence-electron chi connectivity index (χ0n) is 14.8. The van der Waals surface area contributed by atoms with E-state index in [0.29, 0.717) is 12.2 Å². The molecule has 1 rings (SSSR count). The van der Waals surface area contributed by atoms with Crippen molar-refractivity contribution in [3.8, 4) is 0 Å². The Morgan fingerprint density at radius 3 is 2.38 bits per heavy atom. The molecule has 1 N–H and O–H groups in total. The molecule has 0 saturated heterocycles. The van der Waals surface area contributed by atoms with Crippen molar-refractivity contribution in [1.82, 2.24) is 0 Å². The summed E-state index contributed by atoms with van der Waals surface area (Å²) >= 11 is 4.22. The van der Waals surface area contributed by atoms with Crippen molar-refractivity contribution in [3.63, 3.8) is 0 Å². The van der Waals surface area contributed by atoms with Crippen molar-refractivity contribution in [2.45, 2.75) is 51.9 Å². The molecule has 3 nitrogen and oxygen atoms in total. The Balaban J connectivity index is 2.09. The molecule has 0 aliphatic rings. The lowest BCUT2D eigenvalue weighted by Gasteiger charge is -2.05. The number of hydrogen-bond donors (Lipinski definition) is 2. The van der Waals surface area contributed by atoms with Crippen LogP contribution in [0.15, 0.2) is 36.4 Å². The summed E-state index contributed by atoms with van der Waals surface area (Å²) in [6.07, 6.45) is 13.4. The summed E-state index contributed by atoms with van der Waals surface area (Å²) < 4.78 is 4.97. The zero-order valence-corrected chi connectivity index (χ0v) is 15.7. The maximum Gasteiger partial charge on any atom is 0.338 e. The van der Waals surface area contributed by atoms with Gasteiger partial charge in [0.25, 0.3) is 0 Å². The number of ether oxygens (including phenoxy) is 1. The summed E-state index contributed by atoms with van der Waals surface area (Å²) in [4.78, 5) is 11.6. The van der Waals surface area contributed by atoms with Crippen molar-refractivity contribution in [2.24, 2.45) is 0 Å². The second-order valence-electron chi connectivity index (χ2n) is 5.78. The largest absolute Gasteiger partial charge is 0.462 e. The van der Waals surface area contributed by atoms with Gasteiger partial charge < -0.3 is 10.1 Å². The predicted molar refractivity (Wildman–Crippen MR) is 106 cm³/mol. The summed E-state index contributed by atoms with van der Waals surface area (Å²) in [5.74, 6) is 0.746. The highest BCUT2D eigenvalue weighted by atomic mass is 32.1. The molecule has 24 heavy (non-hydrogen) atoms. The van der Waals surface area contributed by atoms with Crippen LogP contribution in [0.3, 0.4) is 0 Å². The molecular weight excluding hydrogens is 318 g/mol. The highest BCUT2D eigenvalue weighted by Gasteiger charge is 2.04. The monoisotopic (exact) mass is 349 g/mol. The molecule has 0 unspecified atom stereocenters. The van der Waals surface area contributed by atoms with E-state index in [-0.39, 0.29) is 5.97 Å². The molecule has 0 radical (unpaired) electrons. The topological polar surface area (TPSA) is 38.3 Å². The zero-order chi connectivity index (χ0) is 17.5. The second kappa shape index (κ2) is 14.0. The van der Waals surface area contributed by atoms with Gasteiger partial charge in [0.05, 0.1) is 12.2 Å². The molecule has 0 spiro atoms. The summed E-state index contributed by atoms with van der Waals surface area (Å²) in [6.45, 7) is 3.02. The van der Waals surface area contributed by atoms with Gasteiger partial charge in [0.1, 0.15) is 0 Å². The Labute approximate surface area is 152 Å². The van der Waals surface area contributed by atoms with Crippen LogP contribution >= 0.6 is 12.6 Å². The fourth-order valence-corrected chi connectivity index (χ4v) is 2.62. The minimum Gasteiger partial charge on any atom is -0.462 e. The van der Waals surface area contributed by atoms with Crippen LogP contribution in [-0.2, 0) is 4.74 Å². The molecule has 0 saturated carbocycles. The lowest BCUT2D eigenvalue weighted by atomic mass is 10.1. The molecule has 0 aliphatic carbocycles. The van der Waals surface area contributed by atoms with Gasteiger partial charge in [0.2, 0.25) is 0 Å². The first-order valence-corrected chi connectivity index (χ1v) is 9.68. The highest BCUT2D eigenvalue weighted by molar-refractivity contribution is 7.80. The number of carbonyl (C=O) groups excluding carboxylic acids is 1. The lowest BCUT2D eigenvalue weighted by Crippen LogP contribution is -2.05. The number of hydrogen-bond acceptors (Lipinski definition) is 4. The van der Waals surface area contributed by atoms with E-state index >= 15 is 0 Å². The van der Waals surface area contributed by atoms with Crippen LogP contribution in [-0.4, -0.2) is 24.9 Å². The van der Waals surface area contributed by atoms with Crippen LogP contribution in [0.4, 0.5) is 5.69 Å². The fraction of sp³-hybridized carbons (Fsp3) is 0.550. The van der Waals surface area contributed by atoms with Gasteiger partial charge in [-0.3, -0.25) is 0 Å². The highest BCUT2D eigenvalue weighted by Crippen LogP contribution is 2.11. The quantitative estimate of drug-likeness (QED) is 0.214. The summed E-state index contributed by atoms with van der Waals surface area (Å²) in [7, 11) is 0. The number of benzene rings is 1. The van der Waals surface area contributed by atoms with Crippen molar-refractivity contribution in [2.75, 3.05) is 24.2 Å². The number of rotatable bonds is 13. The number of carbonyl (C=O) groups is 1. The van der Waals surface area contributed by atoms with Gasteiger partial charge in [-0.15, -0.1) is 0 Å². The van der Waals surface area contributed by atoms with E-state index in [2.05, 4.69) is 30.1 Å². The van der Waals surface area contributed by atoms with Crippen LogP contribution in [0.2, 0.25) is 0 Å². The number of esters is 1. The molecule has 0 atom stereocenters. The van der Waals surface area contributed by atoms with Gasteiger partial charge in [-0.1, -0.05) is 37.8 Å². The van der Waals surface area contributed by atoms with Gasteiger partial charge in [0, 0.05) is 12.2 Å². The molecule has 1 aromatic rings. The van der Waals surface area contributed by atoms with Crippen molar-refractivity contribution >= 4 is 24.3 Å². The third kappa shape index (κ3) is 9.66. The molecule has 134 valence electrons. The minimum absolute atomic E-state index is 0.269. The Morgan fingerprint density at radius 2 is 1.71 bits per heavy atom. The molecule has 0 fully saturated rings. The van der Waals surface area contributed by atoms with Gasteiger partial charge in [0.15, 0.2) is 0 Å². The van der Waals surface area contributed by atoms with Gasteiger partial charge in [-0.25, -0.2) is 4.79 Å². The number of unbranched alkanes of at least 4 members (excludes halogenated alkanes) is 6. The van der Waals surface area contributed by atoms with Crippen LogP contribution in [0, 0.1) is 0 Å². The molecule has 0 heterocycles. The van der Waals surface area contributed by atoms with E-state index < -0.39 is 0 Å². The maximum absolute atomic E-state index is 11.6. The Hall–Kier alpha value is -1.42. The van der Waals surface area contributed by atoms with Crippen molar-refractivity contribution in [3.05, 3.63) is 42.0 Å². The molecule has 0 aliphatic heterocycles. The first kappa shape index (κ1) is 20.6. The van der Waals surface area contributed by atoms with Crippen LogP contribution in [0.25, 0.3) is 0 Å². The molecule has 0 bridgehead atoms. The summed E-state index contributed by atoms with van der Waals surface area (Å²) in [6, 6.07) is 7.39. The second-order valence-corrected chi connectivity index (χ2v) is 6.23. The average Bonchev–Trinajstić information content (AvgIpc) is 2.60. The third-order valence-electron chi connectivity index (χ3n) is 3.77. The van der Waals surface area contributed by atoms with E-state index in [1.165, 1.54) is 38.5 Å². The molecule has 1 aromatic carbocycles. The van der Waals surface area contributed by atoms with Crippen LogP contribution in [0.1, 0.15) is 62.2 Å². The average molecular weight is 350 g/mol. The third-order valence-corrected chi connectivity index (χ3v) is 4.08. The van der Waals surface area contributed by atoms with E-state index in [9.17, 15) is 4.79 Å². The Kier molecular flexibility index (Phi) is 12.0. The molecule has 0 aromatic heterocycles. The van der Waals surface area contributed by atoms with Gasteiger partial charge in [-0.05, 0) is 56.2 Å². The summed E-state index contributed by atoms with van der Waals surface area (Å²) in [5, 5.41) is 3.32. The van der Waals surface area contributed by atoms with E-state index in [1.807, 2.05) is 19.1 Å². The smallest absolute Gasteiger partial charge is 0.338 e. The SMILES string of the molecule is CCOC(=O)c1ccc(NCC=CCCCCCCCCS)cc1. The minimum atomic E-state index is -0.269. The number of thiol groups is 1. The number of anilines is 1. The lowest BCUT2D eigenvalue weighted by molar-refractivity contribution is 0.0526. The molecule has 4 heteroatoms. The Bertz CT molecular complexity index is 471. The fourth-order valence-electron chi connectivity index (χ4n) is 2.40. The first-order chi connectivity index (χ1) is 11.8. The van der Waals surface area contributed by atoms with Gasteiger partial charge >= 0.3 is 5.97 Å².